The number of rotatable bonds is 4. The summed E-state index contributed by atoms with van der Waals surface area (Å²) in [6.07, 6.45) is 1.69. The van der Waals surface area contributed by atoms with E-state index < -0.39 is 0 Å². The van der Waals surface area contributed by atoms with Crippen molar-refractivity contribution in [2.75, 3.05) is 13.7 Å². The largest absolute Gasteiger partial charge is 0.462 e. The molecule has 0 aliphatic heterocycles. The molecule has 18 heavy (non-hydrogen) atoms. The molecule has 0 amide bonds. The summed E-state index contributed by atoms with van der Waals surface area (Å²) >= 11 is 0. The summed E-state index contributed by atoms with van der Waals surface area (Å²) in [4.78, 5) is 16.4. The maximum absolute atomic E-state index is 12.1. The van der Waals surface area contributed by atoms with Gasteiger partial charge < -0.3 is 14.6 Å². The first kappa shape index (κ1) is 12.6. The number of pyridine rings is 1. The number of aryl methyl sites for hydroxylation is 1. The zero-order valence-electron chi connectivity index (χ0n) is 10.9. The highest BCUT2D eigenvalue weighted by molar-refractivity contribution is 6.04. The van der Waals surface area contributed by atoms with Crippen molar-refractivity contribution in [3.8, 4) is 0 Å². The Labute approximate surface area is 106 Å². The van der Waals surface area contributed by atoms with Crippen LogP contribution in [0.25, 0.3) is 11.0 Å². The van der Waals surface area contributed by atoms with Crippen LogP contribution in [0.2, 0.25) is 0 Å². The van der Waals surface area contributed by atoms with Crippen molar-refractivity contribution < 1.29 is 9.53 Å². The monoisotopic (exact) mass is 247 g/mol. The van der Waals surface area contributed by atoms with Gasteiger partial charge in [-0.05, 0) is 26.1 Å². The number of hydrogen-bond acceptors (Lipinski definition) is 4. The van der Waals surface area contributed by atoms with Gasteiger partial charge in [-0.1, -0.05) is 0 Å². The first-order valence-electron chi connectivity index (χ1n) is 5.94. The number of ether oxygens (including phenoxy) is 1. The molecule has 5 nitrogen and oxygen atoms in total. The van der Waals surface area contributed by atoms with E-state index in [1.54, 1.807) is 13.1 Å². The van der Waals surface area contributed by atoms with E-state index in [0.717, 1.165) is 11.2 Å². The summed E-state index contributed by atoms with van der Waals surface area (Å²) < 4.78 is 7.09. The van der Waals surface area contributed by atoms with Crippen LogP contribution >= 0.6 is 0 Å². The van der Waals surface area contributed by atoms with Crippen LogP contribution in [0.5, 0.6) is 0 Å². The van der Waals surface area contributed by atoms with Crippen LogP contribution in [0, 0.1) is 0 Å². The minimum atomic E-state index is -0.313. The first-order chi connectivity index (χ1) is 8.70. The lowest BCUT2D eigenvalue weighted by Crippen LogP contribution is -2.14. The normalized spacial score (nSPS) is 10.8. The number of nitrogens with zero attached hydrogens (tertiary/aromatic N) is 2. The molecule has 0 saturated carbocycles. The molecule has 0 aliphatic rings. The fourth-order valence-electron chi connectivity index (χ4n) is 2.10. The molecule has 0 fully saturated rings. The van der Waals surface area contributed by atoms with Gasteiger partial charge in [-0.2, -0.15) is 0 Å². The third-order valence-corrected chi connectivity index (χ3v) is 2.90. The SMILES string of the molecule is CCOC(=O)c1c(CNC)n(C)c2cccnc12. The Morgan fingerprint density at radius 1 is 1.56 bits per heavy atom. The quantitative estimate of drug-likeness (QED) is 0.831. The highest BCUT2D eigenvalue weighted by atomic mass is 16.5. The molecule has 0 saturated heterocycles. The van der Waals surface area contributed by atoms with Gasteiger partial charge in [0.05, 0.1) is 12.1 Å². The smallest absolute Gasteiger partial charge is 0.342 e. The highest BCUT2D eigenvalue weighted by Gasteiger charge is 2.22. The average molecular weight is 247 g/mol. The Balaban J connectivity index is 2.66. The van der Waals surface area contributed by atoms with Gasteiger partial charge in [0.1, 0.15) is 11.1 Å². The van der Waals surface area contributed by atoms with Crippen LogP contribution in [0.3, 0.4) is 0 Å². The number of carbonyl (C=O) groups is 1. The molecule has 96 valence electrons. The molecule has 2 rings (SSSR count). The summed E-state index contributed by atoms with van der Waals surface area (Å²) in [5.74, 6) is -0.313. The van der Waals surface area contributed by atoms with E-state index in [9.17, 15) is 4.79 Å². The van der Waals surface area contributed by atoms with Crippen molar-refractivity contribution in [3.05, 3.63) is 29.6 Å². The van der Waals surface area contributed by atoms with Crippen molar-refractivity contribution in [3.63, 3.8) is 0 Å². The molecule has 0 spiro atoms. The van der Waals surface area contributed by atoms with Crippen LogP contribution in [0.1, 0.15) is 23.0 Å². The first-order valence-corrected chi connectivity index (χ1v) is 5.94. The summed E-state index contributed by atoms with van der Waals surface area (Å²) in [7, 11) is 3.78. The van der Waals surface area contributed by atoms with E-state index >= 15 is 0 Å². The Hall–Kier alpha value is -1.88. The van der Waals surface area contributed by atoms with Gasteiger partial charge in [-0.15, -0.1) is 0 Å². The number of hydrogen-bond donors (Lipinski definition) is 1. The summed E-state index contributed by atoms with van der Waals surface area (Å²) in [5, 5.41) is 3.07. The molecular formula is C13H17N3O2. The number of fused-ring (bicyclic) bond motifs is 1. The molecule has 0 unspecified atom stereocenters. The van der Waals surface area contributed by atoms with E-state index in [0.29, 0.717) is 24.2 Å². The topological polar surface area (TPSA) is 56.1 Å². The maximum atomic E-state index is 12.1. The van der Waals surface area contributed by atoms with Gasteiger partial charge >= 0.3 is 5.97 Å². The lowest BCUT2D eigenvalue weighted by atomic mass is 10.2. The third kappa shape index (κ3) is 1.97. The van der Waals surface area contributed by atoms with Crippen molar-refractivity contribution >= 4 is 17.0 Å². The van der Waals surface area contributed by atoms with Gasteiger partial charge in [-0.3, -0.25) is 4.98 Å². The van der Waals surface area contributed by atoms with Crippen molar-refractivity contribution in [1.29, 1.82) is 0 Å². The predicted octanol–water partition coefficient (Wildman–Crippen LogP) is 1.47. The number of nitrogens with one attached hydrogen (secondary N) is 1. The van der Waals surface area contributed by atoms with Crippen molar-refractivity contribution in [1.82, 2.24) is 14.9 Å². The van der Waals surface area contributed by atoms with E-state index in [1.165, 1.54) is 0 Å². The second kappa shape index (κ2) is 5.18. The molecule has 5 heteroatoms. The van der Waals surface area contributed by atoms with E-state index in [4.69, 9.17) is 4.74 Å². The van der Waals surface area contributed by atoms with E-state index in [1.807, 2.05) is 30.8 Å². The van der Waals surface area contributed by atoms with Gasteiger partial charge in [-0.25, -0.2) is 4.79 Å². The molecule has 0 aliphatic carbocycles. The Bertz CT molecular complexity index is 575. The lowest BCUT2D eigenvalue weighted by Gasteiger charge is -2.06. The number of carbonyl (C=O) groups excluding carboxylic acids is 1. The van der Waals surface area contributed by atoms with E-state index in [-0.39, 0.29) is 5.97 Å². The average Bonchev–Trinajstić information content (AvgIpc) is 2.65. The third-order valence-electron chi connectivity index (χ3n) is 2.90. The molecule has 0 atom stereocenters. The maximum Gasteiger partial charge on any atom is 0.342 e. The van der Waals surface area contributed by atoms with Crippen LogP contribution in [0.4, 0.5) is 0 Å². The second-order valence-corrected chi connectivity index (χ2v) is 4.00. The fourth-order valence-corrected chi connectivity index (χ4v) is 2.10. The van der Waals surface area contributed by atoms with Crippen LogP contribution < -0.4 is 5.32 Å². The summed E-state index contributed by atoms with van der Waals surface area (Å²) in [6, 6.07) is 3.81. The van der Waals surface area contributed by atoms with Gasteiger partial charge in [0.25, 0.3) is 0 Å². The molecule has 0 aromatic carbocycles. The molecule has 2 aromatic heterocycles. The predicted molar refractivity (Wildman–Crippen MR) is 69.4 cm³/mol. The highest BCUT2D eigenvalue weighted by Crippen LogP contribution is 2.24. The van der Waals surface area contributed by atoms with Gasteiger partial charge in [0.2, 0.25) is 0 Å². The Morgan fingerprint density at radius 3 is 3.00 bits per heavy atom. The van der Waals surface area contributed by atoms with Gasteiger partial charge in [0.15, 0.2) is 0 Å². The van der Waals surface area contributed by atoms with Crippen LogP contribution in [-0.2, 0) is 18.3 Å². The van der Waals surface area contributed by atoms with Crippen molar-refractivity contribution in [2.24, 2.45) is 7.05 Å². The molecule has 0 bridgehead atoms. The zero-order valence-corrected chi connectivity index (χ0v) is 10.9. The summed E-state index contributed by atoms with van der Waals surface area (Å²) in [5.41, 5.74) is 3.09. The Kier molecular flexibility index (Phi) is 3.62. The lowest BCUT2D eigenvalue weighted by molar-refractivity contribution is 0.0526. The minimum absolute atomic E-state index is 0.313. The van der Waals surface area contributed by atoms with Crippen molar-refractivity contribution in [2.45, 2.75) is 13.5 Å². The molecule has 0 radical (unpaired) electrons. The Morgan fingerprint density at radius 2 is 2.33 bits per heavy atom. The van der Waals surface area contributed by atoms with E-state index in [2.05, 4.69) is 10.3 Å². The molecule has 2 heterocycles. The molecule has 2 aromatic rings. The van der Waals surface area contributed by atoms with Crippen LogP contribution in [-0.4, -0.2) is 29.2 Å². The fraction of sp³-hybridized carbons (Fsp3) is 0.385. The van der Waals surface area contributed by atoms with Gasteiger partial charge in [0, 0.05) is 25.5 Å². The minimum Gasteiger partial charge on any atom is -0.462 e. The number of aromatic nitrogens is 2. The zero-order chi connectivity index (χ0) is 13.1. The summed E-state index contributed by atoms with van der Waals surface area (Å²) in [6.45, 7) is 2.76. The van der Waals surface area contributed by atoms with Crippen LogP contribution in [0.15, 0.2) is 18.3 Å². The standard InChI is InChI=1S/C13H17N3O2/c1-4-18-13(17)11-10(8-14-2)16(3)9-6-5-7-15-12(9)11/h5-7,14H,4,8H2,1-3H3. The second-order valence-electron chi connectivity index (χ2n) is 4.00. The molecule has 1 N–H and O–H groups in total. The number of esters is 1. The molecular weight excluding hydrogens is 230 g/mol.